The fourth-order valence-electron chi connectivity index (χ4n) is 2.64. The summed E-state index contributed by atoms with van der Waals surface area (Å²) >= 11 is 0. The average Bonchev–Trinajstić information content (AvgIpc) is 2.40. The van der Waals surface area contributed by atoms with E-state index in [-0.39, 0.29) is 6.04 Å². The van der Waals surface area contributed by atoms with Crippen molar-refractivity contribution >= 4 is 0 Å². The summed E-state index contributed by atoms with van der Waals surface area (Å²) in [5.41, 5.74) is 6.14. The molecule has 2 heteroatoms. The molecule has 0 aliphatic carbocycles. The lowest BCUT2D eigenvalue weighted by Gasteiger charge is -2.22. The molecule has 1 atom stereocenters. The van der Waals surface area contributed by atoms with Crippen molar-refractivity contribution in [1.82, 2.24) is 10.3 Å². The van der Waals surface area contributed by atoms with E-state index in [0.717, 1.165) is 24.4 Å². The van der Waals surface area contributed by atoms with Crippen molar-refractivity contribution in [1.29, 1.82) is 0 Å². The lowest BCUT2D eigenvalue weighted by Crippen LogP contribution is -2.24. The molecule has 1 aromatic heterocycles. The number of rotatable bonds is 5. The fourth-order valence-corrected chi connectivity index (χ4v) is 2.64. The zero-order valence-corrected chi connectivity index (χ0v) is 12.9. The first-order chi connectivity index (χ1) is 9.61. The van der Waals surface area contributed by atoms with Gasteiger partial charge in [-0.05, 0) is 62.6 Å². The van der Waals surface area contributed by atoms with Crippen LogP contribution < -0.4 is 5.32 Å². The lowest BCUT2D eigenvalue weighted by atomic mass is 9.94. The third-order valence-corrected chi connectivity index (χ3v) is 3.54. The van der Waals surface area contributed by atoms with E-state index in [0.29, 0.717) is 0 Å². The van der Waals surface area contributed by atoms with Crippen molar-refractivity contribution < 1.29 is 0 Å². The molecule has 2 aromatic rings. The lowest BCUT2D eigenvalue weighted by molar-refractivity contribution is 0.595. The highest BCUT2D eigenvalue weighted by atomic mass is 14.9. The van der Waals surface area contributed by atoms with E-state index in [1.54, 1.807) is 0 Å². The number of hydrogen-bond donors (Lipinski definition) is 1. The van der Waals surface area contributed by atoms with Crippen LogP contribution in [0.3, 0.4) is 0 Å². The third kappa shape index (κ3) is 3.45. The Morgan fingerprint density at radius 3 is 2.30 bits per heavy atom. The highest BCUT2D eigenvalue weighted by Gasteiger charge is 2.15. The van der Waals surface area contributed by atoms with Gasteiger partial charge in [0.2, 0.25) is 0 Å². The van der Waals surface area contributed by atoms with E-state index in [4.69, 9.17) is 0 Å². The van der Waals surface area contributed by atoms with Crippen LogP contribution in [-0.4, -0.2) is 11.5 Å². The summed E-state index contributed by atoms with van der Waals surface area (Å²) in [6.07, 6.45) is 1.13. The predicted molar refractivity (Wildman–Crippen MR) is 85.0 cm³/mol. The van der Waals surface area contributed by atoms with Crippen LogP contribution in [0.25, 0.3) is 0 Å². The van der Waals surface area contributed by atoms with Gasteiger partial charge in [0.15, 0.2) is 0 Å². The maximum Gasteiger partial charge on any atom is 0.0580 e. The molecular formula is C18H24N2. The van der Waals surface area contributed by atoms with Gasteiger partial charge in [-0.3, -0.25) is 4.98 Å². The number of hydrogen-bond acceptors (Lipinski definition) is 2. The van der Waals surface area contributed by atoms with Gasteiger partial charge in [0.1, 0.15) is 0 Å². The third-order valence-electron chi connectivity index (χ3n) is 3.54. The Bertz CT molecular complexity index is 555. The largest absolute Gasteiger partial charge is 0.306 e. The van der Waals surface area contributed by atoms with Gasteiger partial charge in [-0.25, -0.2) is 0 Å². The molecule has 1 unspecified atom stereocenters. The average molecular weight is 268 g/mol. The standard InChI is InChI=1S/C18H24N2/c1-5-10-19-18(17-9-7-6-8-13(17)2)16-11-14(3)20-15(4)12-16/h6-9,11-12,18-19H,5,10H2,1-4H3. The highest BCUT2D eigenvalue weighted by molar-refractivity contribution is 5.37. The van der Waals surface area contributed by atoms with E-state index < -0.39 is 0 Å². The summed E-state index contributed by atoms with van der Waals surface area (Å²) in [5.74, 6) is 0. The van der Waals surface area contributed by atoms with Gasteiger partial charge < -0.3 is 5.32 Å². The van der Waals surface area contributed by atoms with Crippen LogP contribution in [0, 0.1) is 20.8 Å². The van der Waals surface area contributed by atoms with E-state index in [9.17, 15) is 0 Å². The van der Waals surface area contributed by atoms with Crippen LogP contribution >= 0.6 is 0 Å². The predicted octanol–water partition coefficient (Wildman–Crippen LogP) is 4.10. The molecule has 0 radical (unpaired) electrons. The maximum atomic E-state index is 4.49. The summed E-state index contributed by atoms with van der Waals surface area (Å²) < 4.78 is 0. The Labute approximate surface area is 122 Å². The Morgan fingerprint density at radius 2 is 1.70 bits per heavy atom. The van der Waals surface area contributed by atoms with E-state index in [2.05, 4.69) is 74.4 Å². The smallest absolute Gasteiger partial charge is 0.0580 e. The first-order valence-electron chi connectivity index (χ1n) is 7.36. The molecule has 0 fully saturated rings. The fraction of sp³-hybridized carbons (Fsp3) is 0.389. The van der Waals surface area contributed by atoms with E-state index in [1.807, 2.05) is 0 Å². The van der Waals surface area contributed by atoms with Gasteiger partial charge in [-0.1, -0.05) is 31.2 Å². The molecule has 0 aliphatic rings. The molecule has 0 spiro atoms. The highest BCUT2D eigenvalue weighted by Crippen LogP contribution is 2.25. The molecular weight excluding hydrogens is 244 g/mol. The molecule has 1 aromatic carbocycles. The molecule has 20 heavy (non-hydrogen) atoms. The minimum atomic E-state index is 0.247. The van der Waals surface area contributed by atoms with Crippen LogP contribution in [-0.2, 0) is 0 Å². The van der Waals surface area contributed by atoms with Crippen molar-refractivity contribution in [2.75, 3.05) is 6.54 Å². The number of pyridine rings is 1. The van der Waals surface area contributed by atoms with E-state index >= 15 is 0 Å². The molecule has 0 bridgehead atoms. The number of aromatic nitrogens is 1. The van der Waals surface area contributed by atoms with Crippen molar-refractivity contribution in [2.24, 2.45) is 0 Å². The number of nitrogens with zero attached hydrogens (tertiary/aromatic N) is 1. The summed E-state index contributed by atoms with van der Waals surface area (Å²) in [6.45, 7) is 9.51. The van der Waals surface area contributed by atoms with Gasteiger partial charge in [0, 0.05) is 11.4 Å². The summed E-state index contributed by atoms with van der Waals surface area (Å²) in [4.78, 5) is 4.49. The Kier molecular flexibility index (Phi) is 4.91. The maximum absolute atomic E-state index is 4.49. The Morgan fingerprint density at radius 1 is 1.05 bits per heavy atom. The molecule has 1 N–H and O–H groups in total. The minimum absolute atomic E-state index is 0.247. The summed E-state index contributed by atoms with van der Waals surface area (Å²) in [5, 5.41) is 3.67. The SMILES string of the molecule is CCCNC(c1cc(C)nc(C)c1)c1ccccc1C. The van der Waals surface area contributed by atoms with Crippen LogP contribution in [0.1, 0.15) is 47.5 Å². The Balaban J connectivity index is 2.44. The van der Waals surface area contributed by atoms with E-state index in [1.165, 1.54) is 16.7 Å². The molecule has 0 aliphatic heterocycles. The molecule has 0 saturated carbocycles. The summed E-state index contributed by atoms with van der Waals surface area (Å²) in [7, 11) is 0. The normalized spacial score (nSPS) is 12.4. The molecule has 1 heterocycles. The molecule has 2 rings (SSSR count). The zero-order chi connectivity index (χ0) is 14.5. The molecule has 2 nitrogen and oxygen atoms in total. The first kappa shape index (κ1) is 14.7. The van der Waals surface area contributed by atoms with Crippen LogP contribution in [0.4, 0.5) is 0 Å². The zero-order valence-electron chi connectivity index (χ0n) is 12.9. The molecule has 0 saturated heterocycles. The minimum Gasteiger partial charge on any atom is -0.306 e. The number of nitrogens with one attached hydrogen (secondary N) is 1. The van der Waals surface area contributed by atoms with Gasteiger partial charge in [-0.2, -0.15) is 0 Å². The van der Waals surface area contributed by atoms with Crippen molar-refractivity contribution in [3.8, 4) is 0 Å². The van der Waals surface area contributed by atoms with Crippen LogP contribution in [0.15, 0.2) is 36.4 Å². The quantitative estimate of drug-likeness (QED) is 0.883. The number of benzene rings is 1. The van der Waals surface area contributed by atoms with Gasteiger partial charge in [0.05, 0.1) is 6.04 Å². The van der Waals surface area contributed by atoms with Crippen LogP contribution in [0.2, 0.25) is 0 Å². The summed E-state index contributed by atoms with van der Waals surface area (Å²) in [6, 6.07) is 13.2. The second-order valence-electron chi connectivity index (χ2n) is 5.43. The van der Waals surface area contributed by atoms with Crippen molar-refractivity contribution in [2.45, 2.75) is 40.2 Å². The topological polar surface area (TPSA) is 24.9 Å². The molecule has 0 amide bonds. The monoisotopic (exact) mass is 268 g/mol. The van der Waals surface area contributed by atoms with Crippen molar-refractivity contribution in [3.63, 3.8) is 0 Å². The number of aryl methyl sites for hydroxylation is 3. The van der Waals surface area contributed by atoms with Crippen LogP contribution in [0.5, 0.6) is 0 Å². The molecule has 106 valence electrons. The van der Waals surface area contributed by atoms with Gasteiger partial charge in [-0.15, -0.1) is 0 Å². The van der Waals surface area contributed by atoms with Gasteiger partial charge in [0.25, 0.3) is 0 Å². The van der Waals surface area contributed by atoms with Gasteiger partial charge >= 0.3 is 0 Å². The Hall–Kier alpha value is -1.67. The second kappa shape index (κ2) is 6.67. The first-order valence-corrected chi connectivity index (χ1v) is 7.36. The second-order valence-corrected chi connectivity index (χ2v) is 5.43. The van der Waals surface area contributed by atoms with Crippen molar-refractivity contribution in [3.05, 3.63) is 64.5 Å².